The number of carbonyl (C=O) groups is 1. The number of nitrogens with one attached hydrogen (secondary N) is 1. The summed E-state index contributed by atoms with van der Waals surface area (Å²) < 4.78 is 13.4. The number of hydrogen-bond acceptors (Lipinski definition) is 2. The Morgan fingerprint density at radius 2 is 2.20 bits per heavy atom. The standard InChI is InChI=1S/C10H8FNO3/c11-7-2-6(13)3-8-10(7)5(4-12-8)1-9(14)15/h2-4,12-13H,1H2,(H,14,15). The van der Waals surface area contributed by atoms with Crippen LogP contribution in [0.2, 0.25) is 0 Å². The molecule has 0 aliphatic carbocycles. The number of aromatic hydroxyl groups is 1. The number of hydrogen-bond donors (Lipinski definition) is 3. The van der Waals surface area contributed by atoms with E-state index in [1.54, 1.807) is 0 Å². The van der Waals surface area contributed by atoms with Gasteiger partial charge in [-0.1, -0.05) is 0 Å². The molecule has 0 spiro atoms. The summed E-state index contributed by atoms with van der Waals surface area (Å²) in [5.74, 6) is -1.84. The second kappa shape index (κ2) is 3.27. The van der Waals surface area contributed by atoms with Gasteiger partial charge in [0, 0.05) is 23.7 Å². The number of aromatic amines is 1. The molecule has 0 fully saturated rings. The second-order valence-electron chi connectivity index (χ2n) is 3.23. The predicted octanol–water partition coefficient (Wildman–Crippen LogP) is 1.64. The number of phenolic OH excluding ortho intramolecular Hbond substituents is 1. The van der Waals surface area contributed by atoms with Crippen molar-refractivity contribution < 1.29 is 19.4 Å². The zero-order valence-electron chi connectivity index (χ0n) is 7.62. The number of carboxylic acids is 1. The average Bonchev–Trinajstić information content (AvgIpc) is 2.46. The number of aromatic nitrogens is 1. The van der Waals surface area contributed by atoms with Crippen LogP contribution in [0.1, 0.15) is 5.56 Å². The first kappa shape index (κ1) is 9.51. The van der Waals surface area contributed by atoms with Gasteiger partial charge in [-0.15, -0.1) is 0 Å². The van der Waals surface area contributed by atoms with Crippen LogP contribution in [0, 0.1) is 5.82 Å². The topological polar surface area (TPSA) is 73.3 Å². The van der Waals surface area contributed by atoms with Crippen LogP contribution in [0.3, 0.4) is 0 Å². The van der Waals surface area contributed by atoms with E-state index in [0.29, 0.717) is 11.1 Å². The highest BCUT2D eigenvalue weighted by atomic mass is 19.1. The minimum absolute atomic E-state index is 0.191. The molecule has 0 aliphatic rings. The summed E-state index contributed by atoms with van der Waals surface area (Å²) in [5.41, 5.74) is 0.763. The van der Waals surface area contributed by atoms with Gasteiger partial charge in [-0.2, -0.15) is 0 Å². The zero-order valence-corrected chi connectivity index (χ0v) is 7.62. The maximum Gasteiger partial charge on any atom is 0.307 e. The Labute approximate surface area is 84.0 Å². The molecule has 1 aromatic carbocycles. The zero-order chi connectivity index (χ0) is 11.0. The monoisotopic (exact) mass is 209 g/mol. The Bertz CT molecular complexity index is 533. The van der Waals surface area contributed by atoms with E-state index in [4.69, 9.17) is 10.2 Å². The van der Waals surface area contributed by atoms with Crippen LogP contribution < -0.4 is 0 Å². The Morgan fingerprint density at radius 3 is 2.87 bits per heavy atom. The Kier molecular flexibility index (Phi) is 2.07. The summed E-state index contributed by atoms with van der Waals surface area (Å²) >= 11 is 0. The summed E-state index contributed by atoms with van der Waals surface area (Å²) in [6.45, 7) is 0. The van der Waals surface area contributed by atoms with Gasteiger partial charge in [0.25, 0.3) is 0 Å². The lowest BCUT2D eigenvalue weighted by atomic mass is 10.1. The molecule has 15 heavy (non-hydrogen) atoms. The number of carboxylic acid groups (broad SMARTS) is 1. The van der Waals surface area contributed by atoms with Crippen molar-refractivity contribution in [2.24, 2.45) is 0 Å². The fourth-order valence-corrected chi connectivity index (χ4v) is 1.57. The van der Waals surface area contributed by atoms with E-state index in [9.17, 15) is 9.18 Å². The summed E-state index contributed by atoms with van der Waals surface area (Å²) in [5, 5.41) is 17.9. The minimum Gasteiger partial charge on any atom is -0.508 e. The highest BCUT2D eigenvalue weighted by Crippen LogP contribution is 2.26. The summed E-state index contributed by atoms with van der Waals surface area (Å²) in [7, 11) is 0. The molecule has 0 radical (unpaired) electrons. The average molecular weight is 209 g/mol. The molecule has 0 unspecified atom stereocenters. The Morgan fingerprint density at radius 1 is 1.47 bits per heavy atom. The lowest BCUT2D eigenvalue weighted by molar-refractivity contribution is -0.136. The van der Waals surface area contributed by atoms with Crippen LogP contribution in [0.15, 0.2) is 18.3 Å². The Hall–Kier alpha value is -2.04. The van der Waals surface area contributed by atoms with Gasteiger partial charge in [0.05, 0.1) is 11.9 Å². The van der Waals surface area contributed by atoms with Crippen molar-refractivity contribution in [3.63, 3.8) is 0 Å². The molecule has 0 atom stereocenters. The van der Waals surface area contributed by atoms with Crippen molar-refractivity contribution in [2.45, 2.75) is 6.42 Å². The third kappa shape index (κ3) is 1.63. The maximum absolute atomic E-state index is 13.4. The lowest BCUT2D eigenvalue weighted by Gasteiger charge is -1.98. The van der Waals surface area contributed by atoms with E-state index < -0.39 is 11.8 Å². The van der Waals surface area contributed by atoms with Crippen LogP contribution in [0.25, 0.3) is 10.9 Å². The van der Waals surface area contributed by atoms with Gasteiger partial charge in [-0.25, -0.2) is 4.39 Å². The van der Waals surface area contributed by atoms with Gasteiger partial charge in [-0.3, -0.25) is 4.79 Å². The van der Waals surface area contributed by atoms with Crippen molar-refractivity contribution in [2.75, 3.05) is 0 Å². The molecule has 2 rings (SSSR count). The van der Waals surface area contributed by atoms with Gasteiger partial charge < -0.3 is 15.2 Å². The van der Waals surface area contributed by atoms with Gasteiger partial charge in [0.15, 0.2) is 0 Å². The number of rotatable bonds is 2. The van der Waals surface area contributed by atoms with E-state index in [1.165, 1.54) is 12.3 Å². The molecule has 1 heterocycles. The lowest BCUT2D eigenvalue weighted by Crippen LogP contribution is -1.99. The fourth-order valence-electron chi connectivity index (χ4n) is 1.57. The van der Waals surface area contributed by atoms with Gasteiger partial charge in [0.2, 0.25) is 0 Å². The van der Waals surface area contributed by atoms with Crippen LogP contribution in [0.4, 0.5) is 4.39 Å². The Balaban J connectivity index is 2.63. The number of halogens is 1. The third-order valence-corrected chi connectivity index (χ3v) is 2.14. The molecular weight excluding hydrogens is 201 g/mol. The largest absolute Gasteiger partial charge is 0.508 e. The number of aliphatic carboxylic acids is 1. The molecule has 0 saturated heterocycles. The van der Waals surface area contributed by atoms with E-state index in [0.717, 1.165) is 6.07 Å². The highest BCUT2D eigenvalue weighted by Gasteiger charge is 2.12. The van der Waals surface area contributed by atoms with Gasteiger partial charge in [0.1, 0.15) is 11.6 Å². The molecule has 0 amide bonds. The fraction of sp³-hybridized carbons (Fsp3) is 0.100. The van der Waals surface area contributed by atoms with Crippen molar-refractivity contribution in [3.05, 3.63) is 29.7 Å². The second-order valence-corrected chi connectivity index (χ2v) is 3.23. The minimum atomic E-state index is -1.02. The first-order valence-corrected chi connectivity index (χ1v) is 4.28. The summed E-state index contributed by atoms with van der Waals surface area (Å²) in [6.07, 6.45) is 1.18. The van der Waals surface area contributed by atoms with Crippen LogP contribution >= 0.6 is 0 Å². The number of phenols is 1. The van der Waals surface area contributed by atoms with E-state index in [2.05, 4.69) is 4.98 Å². The molecule has 0 saturated carbocycles. The number of benzene rings is 1. The maximum atomic E-state index is 13.4. The van der Waals surface area contributed by atoms with Crippen LogP contribution in [-0.4, -0.2) is 21.2 Å². The van der Waals surface area contributed by atoms with E-state index >= 15 is 0 Å². The first-order chi connectivity index (χ1) is 7.08. The van der Waals surface area contributed by atoms with E-state index in [-0.39, 0.29) is 17.6 Å². The van der Waals surface area contributed by atoms with Crippen molar-refractivity contribution in [1.29, 1.82) is 0 Å². The quantitative estimate of drug-likeness (QED) is 0.703. The normalized spacial score (nSPS) is 10.7. The molecule has 2 aromatic rings. The third-order valence-electron chi connectivity index (χ3n) is 2.14. The summed E-state index contributed by atoms with van der Waals surface area (Å²) in [4.78, 5) is 13.2. The van der Waals surface area contributed by atoms with Gasteiger partial charge in [-0.05, 0) is 5.56 Å². The highest BCUT2D eigenvalue weighted by molar-refractivity contribution is 5.88. The molecule has 0 bridgehead atoms. The number of fused-ring (bicyclic) bond motifs is 1. The smallest absolute Gasteiger partial charge is 0.307 e. The molecule has 78 valence electrons. The predicted molar refractivity (Wildman–Crippen MR) is 51.3 cm³/mol. The molecule has 5 heteroatoms. The number of H-pyrrole nitrogens is 1. The molecule has 1 aromatic heterocycles. The van der Waals surface area contributed by atoms with Crippen LogP contribution in [-0.2, 0) is 11.2 Å². The van der Waals surface area contributed by atoms with Crippen molar-refractivity contribution in [3.8, 4) is 5.75 Å². The molecule has 3 N–H and O–H groups in total. The van der Waals surface area contributed by atoms with Gasteiger partial charge >= 0.3 is 5.97 Å². The van der Waals surface area contributed by atoms with E-state index in [1.807, 2.05) is 0 Å². The molecule has 0 aliphatic heterocycles. The first-order valence-electron chi connectivity index (χ1n) is 4.28. The molecular formula is C10H8FNO3. The summed E-state index contributed by atoms with van der Waals surface area (Å²) in [6, 6.07) is 2.31. The molecule has 4 nitrogen and oxygen atoms in total. The SMILES string of the molecule is O=C(O)Cc1c[nH]c2cc(O)cc(F)c12. The van der Waals surface area contributed by atoms with Crippen LogP contribution in [0.5, 0.6) is 5.75 Å². The van der Waals surface area contributed by atoms with Crippen molar-refractivity contribution in [1.82, 2.24) is 4.98 Å². The van der Waals surface area contributed by atoms with Crippen molar-refractivity contribution >= 4 is 16.9 Å².